The number of methoxy groups -OCH3 is 1. The van der Waals surface area contributed by atoms with Crippen LogP contribution in [0.5, 0.6) is 11.5 Å². The molecule has 1 fully saturated rings. The molecule has 3 rings (SSSR count). The summed E-state index contributed by atoms with van der Waals surface area (Å²) in [6.45, 7) is 1.99. The summed E-state index contributed by atoms with van der Waals surface area (Å²) in [5.74, 6) is 0.742. The van der Waals surface area contributed by atoms with E-state index in [-0.39, 0.29) is 24.3 Å². The third-order valence-electron chi connectivity index (χ3n) is 3.85. The summed E-state index contributed by atoms with van der Waals surface area (Å²) in [4.78, 5) is 0. The summed E-state index contributed by atoms with van der Waals surface area (Å²) in [7, 11) is 1.55. The second-order valence-corrected chi connectivity index (χ2v) is 5.94. The van der Waals surface area contributed by atoms with Gasteiger partial charge in [0.1, 0.15) is 11.9 Å². The van der Waals surface area contributed by atoms with E-state index in [0.29, 0.717) is 35.2 Å². The van der Waals surface area contributed by atoms with Crippen molar-refractivity contribution >= 4 is 24.0 Å². The Kier molecular flexibility index (Phi) is 7.32. The Bertz CT molecular complexity index is 696. The average Bonchev–Trinajstić information content (AvgIpc) is 2.61. The Balaban J connectivity index is 0.00000225. The van der Waals surface area contributed by atoms with Crippen LogP contribution >= 0.6 is 24.0 Å². The molecule has 0 saturated carbocycles. The van der Waals surface area contributed by atoms with Crippen molar-refractivity contribution in [2.24, 2.45) is 0 Å². The second kappa shape index (κ2) is 9.25. The zero-order chi connectivity index (χ0) is 16.9. The van der Waals surface area contributed by atoms with E-state index >= 15 is 0 Å². The smallest absolute Gasteiger partial charge is 0.162 e. The topological polar surface area (TPSA) is 39.7 Å². The molecule has 1 aliphatic rings. The van der Waals surface area contributed by atoms with Gasteiger partial charge in [-0.15, -0.1) is 12.4 Å². The number of rotatable bonds is 5. The van der Waals surface area contributed by atoms with Gasteiger partial charge >= 0.3 is 0 Å². The molecule has 0 bridgehead atoms. The van der Waals surface area contributed by atoms with Crippen LogP contribution in [0.25, 0.3) is 0 Å². The van der Waals surface area contributed by atoms with Crippen LogP contribution in [0.4, 0.5) is 4.39 Å². The molecule has 0 unspecified atom stereocenters. The quantitative estimate of drug-likeness (QED) is 0.840. The summed E-state index contributed by atoms with van der Waals surface area (Å²) < 4.78 is 31.0. The Hall–Kier alpha value is -1.53. The predicted octanol–water partition coefficient (Wildman–Crippen LogP) is 4.02. The first-order chi connectivity index (χ1) is 11.7. The maximum absolute atomic E-state index is 13.7. The van der Waals surface area contributed by atoms with Crippen LogP contribution in [0, 0.1) is 5.82 Å². The van der Waals surface area contributed by atoms with Gasteiger partial charge in [-0.1, -0.05) is 23.7 Å². The van der Waals surface area contributed by atoms with Gasteiger partial charge in [-0.05, 0) is 29.8 Å². The minimum absolute atomic E-state index is 0. The van der Waals surface area contributed by atoms with Crippen LogP contribution in [0.1, 0.15) is 11.7 Å². The molecule has 2 aromatic carbocycles. The monoisotopic (exact) mass is 387 g/mol. The first-order valence-corrected chi connectivity index (χ1v) is 8.13. The van der Waals surface area contributed by atoms with E-state index in [1.54, 1.807) is 31.4 Å². The SMILES string of the molecule is COc1cc(Cl)ccc1O[C@@H](c1cccc(F)c1)[C@@H]1CNCCO1.Cl. The van der Waals surface area contributed by atoms with Gasteiger partial charge in [-0.25, -0.2) is 4.39 Å². The summed E-state index contributed by atoms with van der Waals surface area (Å²) in [5, 5.41) is 3.82. The van der Waals surface area contributed by atoms with Crippen LogP contribution in [0.2, 0.25) is 5.02 Å². The Labute approximate surface area is 157 Å². The van der Waals surface area contributed by atoms with E-state index in [1.807, 2.05) is 6.07 Å². The lowest BCUT2D eigenvalue weighted by Gasteiger charge is -2.32. The zero-order valence-corrected chi connectivity index (χ0v) is 15.3. The molecule has 1 N–H and O–H groups in total. The van der Waals surface area contributed by atoms with Gasteiger partial charge in [-0.3, -0.25) is 0 Å². The van der Waals surface area contributed by atoms with Gasteiger partial charge in [0.05, 0.1) is 13.7 Å². The molecule has 0 amide bonds. The summed E-state index contributed by atoms with van der Waals surface area (Å²) in [6, 6.07) is 11.5. The van der Waals surface area contributed by atoms with Gasteiger partial charge in [-0.2, -0.15) is 0 Å². The fourth-order valence-electron chi connectivity index (χ4n) is 2.70. The van der Waals surface area contributed by atoms with Gasteiger partial charge in [0.15, 0.2) is 17.6 Å². The molecule has 0 spiro atoms. The predicted molar refractivity (Wildman–Crippen MR) is 97.6 cm³/mol. The highest BCUT2D eigenvalue weighted by Crippen LogP contribution is 2.35. The molecule has 2 atom stereocenters. The molecular formula is C18H20Cl2FNO3. The molecule has 4 nitrogen and oxygen atoms in total. The third-order valence-corrected chi connectivity index (χ3v) is 4.09. The van der Waals surface area contributed by atoms with E-state index in [2.05, 4.69) is 5.32 Å². The average molecular weight is 388 g/mol. The highest BCUT2D eigenvalue weighted by molar-refractivity contribution is 6.30. The standard InChI is InChI=1S/C18H19ClFNO3.ClH/c1-22-16-10-13(19)5-6-15(16)24-18(17-11-21-7-8-23-17)12-3-2-4-14(20)9-12;/h2-6,9-10,17-18,21H,7-8,11H2,1H3;1H/t17-,18-;/m0./s1. The summed E-state index contributed by atoms with van der Waals surface area (Å²) in [6.07, 6.45) is -0.704. The minimum Gasteiger partial charge on any atom is -0.493 e. The molecule has 25 heavy (non-hydrogen) atoms. The fraction of sp³-hybridized carbons (Fsp3) is 0.333. The van der Waals surface area contributed by atoms with Crippen molar-refractivity contribution in [1.29, 1.82) is 0 Å². The normalized spacial score (nSPS) is 18.1. The van der Waals surface area contributed by atoms with Crippen molar-refractivity contribution in [3.05, 3.63) is 58.9 Å². The number of hydrogen-bond acceptors (Lipinski definition) is 4. The molecule has 1 saturated heterocycles. The molecule has 0 aromatic heterocycles. The van der Waals surface area contributed by atoms with Gasteiger partial charge in [0, 0.05) is 24.2 Å². The number of hydrogen-bond donors (Lipinski definition) is 1. The maximum atomic E-state index is 13.7. The highest BCUT2D eigenvalue weighted by Gasteiger charge is 2.29. The number of nitrogens with one attached hydrogen (secondary N) is 1. The Morgan fingerprint density at radius 3 is 2.76 bits per heavy atom. The van der Waals surface area contributed by atoms with Crippen LogP contribution in [-0.2, 0) is 4.74 Å². The lowest BCUT2D eigenvalue weighted by molar-refractivity contribution is -0.0439. The van der Waals surface area contributed by atoms with Crippen LogP contribution in [-0.4, -0.2) is 32.9 Å². The zero-order valence-electron chi connectivity index (χ0n) is 13.7. The van der Waals surface area contributed by atoms with Gasteiger partial charge in [0.2, 0.25) is 0 Å². The van der Waals surface area contributed by atoms with Crippen molar-refractivity contribution in [2.75, 3.05) is 26.8 Å². The van der Waals surface area contributed by atoms with Gasteiger partial charge in [0.25, 0.3) is 0 Å². The molecule has 1 aliphatic heterocycles. The molecule has 2 aromatic rings. The van der Waals surface area contributed by atoms with Crippen molar-refractivity contribution in [3.63, 3.8) is 0 Å². The van der Waals surface area contributed by atoms with Gasteiger partial charge < -0.3 is 19.5 Å². The number of morpholine rings is 1. The van der Waals surface area contributed by atoms with Crippen LogP contribution < -0.4 is 14.8 Å². The first-order valence-electron chi connectivity index (χ1n) is 7.75. The fourth-order valence-corrected chi connectivity index (χ4v) is 2.86. The Morgan fingerprint density at radius 1 is 1.24 bits per heavy atom. The molecule has 7 heteroatoms. The Morgan fingerprint density at radius 2 is 2.08 bits per heavy atom. The van der Waals surface area contributed by atoms with Crippen LogP contribution in [0.15, 0.2) is 42.5 Å². The minimum atomic E-state index is -0.469. The molecular weight excluding hydrogens is 368 g/mol. The van der Waals surface area contributed by atoms with E-state index in [9.17, 15) is 4.39 Å². The first kappa shape index (κ1) is 19.8. The highest BCUT2D eigenvalue weighted by atomic mass is 35.5. The van der Waals surface area contributed by atoms with Crippen LogP contribution in [0.3, 0.4) is 0 Å². The van der Waals surface area contributed by atoms with Crippen molar-refractivity contribution in [1.82, 2.24) is 5.32 Å². The number of halogens is 3. The van der Waals surface area contributed by atoms with E-state index in [0.717, 1.165) is 6.54 Å². The van der Waals surface area contributed by atoms with E-state index < -0.39 is 6.10 Å². The van der Waals surface area contributed by atoms with Crippen molar-refractivity contribution in [2.45, 2.75) is 12.2 Å². The second-order valence-electron chi connectivity index (χ2n) is 5.50. The maximum Gasteiger partial charge on any atom is 0.162 e. The molecule has 0 radical (unpaired) electrons. The molecule has 0 aliphatic carbocycles. The molecule has 1 heterocycles. The summed E-state index contributed by atoms with van der Waals surface area (Å²) in [5.41, 5.74) is 0.709. The molecule has 136 valence electrons. The number of benzene rings is 2. The lowest BCUT2D eigenvalue weighted by Crippen LogP contribution is -2.43. The lowest BCUT2D eigenvalue weighted by atomic mass is 10.0. The number of ether oxygens (including phenoxy) is 3. The van der Waals surface area contributed by atoms with E-state index in [4.69, 9.17) is 25.8 Å². The third kappa shape index (κ3) is 4.98. The van der Waals surface area contributed by atoms with Crippen molar-refractivity contribution < 1.29 is 18.6 Å². The van der Waals surface area contributed by atoms with E-state index in [1.165, 1.54) is 12.1 Å². The van der Waals surface area contributed by atoms with Crippen molar-refractivity contribution in [3.8, 4) is 11.5 Å². The summed E-state index contributed by atoms with van der Waals surface area (Å²) >= 11 is 6.00. The largest absolute Gasteiger partial charge is 0.493 e.